The Kier molecular flexibility index (Phi) is 6.21. The van der Waals surface area contributed by atoms with E-state index in [-0.39, 0.29) is 0 Å². The Balaban J connectivity index is 2.12. The Morgan fingerprint density at radius 3 is 2.52 bits per heavy atom. The number of aryl methyl sites for hydroxylation is 2. The van der Waals surface area contributed by atoms with Crippen LogP contribution >= 0.6 is 23.3 Å². The van der Waals surface area contributed by atoms with Gasteiger partial charge in [0.1, 0.15) is 5.82 Å². The number of rotatable bonds is 7. The zero-order chi connectivity index (χ0) is 15.2. The average Bonchev–Trinajstić information content (AvgIpc) is 2.86. The van der Waals surface area contributed by atoms with Crippen LogP contribution < -0.4 is 5.32 Å². The van der Waals surface area contributed by atoms with Crippen LogP contribution in [-0.4, -0.2) is 21.2 Å². The molecule has 0 bridgehead atoms. The molecule has 1 aromatic carbocycles. The van der Waals surface area contributed by atoms with Crippen LogP contribution in [0.25, 0.3) is 0 Å². The Hall–Kier alpha value is -0.910. The predicted molar refractivity (Wildman–Crippen MR) is 92.2 cm³/mol. The molecule has 0 saturated heterocycles. The van der Waals surface area contributed by atoms with E-state index in [0.717, 1.165) is 23.1 Å². The van der Waals surface area contributed by atoms with Gasteiger partial charge in [0.15, 0.2) is 4.34 Å². The summed E-state index contributed by atoms with van der Waals surface area (Å²) < 4.78 is 5.32. The summed E-state index contributed by atoms with van der Waals surface area (Å²) >= 11 is 3.30. The van der Waals surface area contributed by atoms with Gasteiger partial charge in [-0.15, -0.1) is 0 Å². The average molecular weight is 322 g/mol. The highest BCUT2D eigenvalue weighted by Gasteiger charge is 2.21. The topological polar surface area (TPSA) is 37.8 Å². The third-order valence-electron chi connectivity index (χ3n) is 3.32. The Morgan fingerprint density at radius 2 is 1.95 bits per heavy atom. The maximum absolute atomic E-state index is 4.46. The molecule has 0 fully saturated rings. The number of hydrogen-bond donors (Lipinski definition) is 1. The van der Waals surface area contributed by atoms with E-state index in [4.69, 9.17) is 0 Å². The second kappa shape index (κ2) is 7.92. The molecule has 21 heavy (non-hydrogen) atoms. The van der Waals surface area contributed by atoms with Crippen molar-refractivity contribution in [3.8, 4) is 0 Å². The fraction of sp³-hybridized carbons (Fsp3) is 0.500. The standard InChI is InChI=1S/C16H23N3S2/c1-5-10-17-15(14-8-6-11(2)7-9-14)12(3)20-16-18-13(4)19-21-16/h6-9,12,15,17H,5,10H2,1-4H3. The fourth-order valence-electron chi connectivity index (χ4n) is 2.18. The summed E-state index contributed by atoms with van der Waals surface area (Å²) in [6, 6.07) is 9.15. The molecule has 2 aromatic rings. The minimum absolute atomic E-state index is 0.333. The lowest BCUT2D eigenvalue weighted by Crippen LogP contribution is -2.29. The first kappa shape index (κ1) is 16.5. The molecule has 1 N–H and O–H groups in total. The maximum Gasteiger partial charge on any atom is 0.170 e. The predicted octanol–water partition coefficient (Wildman–Crippen LogP) is 4.38. The minimum atomic E-state index is 0.333. The van der Waals surface area contributed by atoms with Gasteiger partial charge in [-0.3, -0.25) is 0 Å². The molecule has 2 atom stereocenters. The van der Waals surface area contributed by atoms with Crippen molar-refractivity contribution in [2.75, 3.05) is 6.54 Å². The molecule has 2 rings (SSSR count). The SMILES string of the molecule is CCCNC(c1ccc(C)cc1)C(C)Sc1nc(C)ns1. The fourth-order valence-corrected chi connectivity index (χ4v) is 4.24. The van der Waals surface area contributed by atoms with E-state index in [1.54, 1.807) is 11.8 Å². The zero-order valence-electron chi connectivity index (χ0n) is 13.1. The molecular weight excluding hydrogens is 298 g/mol. The second-order valence-electron chi connectivity index (χ2n) is 5.27. The van der Waals surface area contributed by atoms with Crippen LogP contribution in [0.15, 0.2) is 28.6 Å². The normalized spacial score (nSPS) is 14.1. The molecule has 0 aliphatic rings. The van der Waals surface area contributed by atoms with Crippen LogP contribution in [0.5, 0.6) is 0 Å². The van der Waals surface area contributed by atoms with Gasteiger partial charge in [-0.05, 0) is 43.9 Å². The second-order valence-corrected chi connectivity index (χ2v) is 7.65. The van der Waals surface area contributed by atoms with E-state index in [1.807, 2.05) is 6.92 Å². The number of thioether (sulfide) groups is 1. The van der Waals surface area contributed by atoms with Crippen LogP contribution in [-0.2, 0) is 0 Å². The van der Waals surface area contributed by atoms with E-state index in [9.17, 15) is 0 Å². The quantitative estimate of drug-likeness (QED) is 0.768. The van der Waals surface area contributed by atoms with Gasteiger partial charge in [0, 0.05) is 11.3 Å². The van der Waals surface area contributed by atoms with Crippen molar-refractivity contribution < 1.29 is 0 Å². The maximum atomic E-state index is 4.46. The molecule has 0 aliphatic heterocycles. The Bertz CT molecular complexity index is 551. The zero-order valence-corrected chi connectivity index (χ0v) is 14.7. The van der Waals surface area contributed by atoms with Crippen LogP contribution in [0, 0.1) is 13.8 Å². The molecular formula is C16H23N3S2. The molecule has 3 nitrogen and oxygen atoms in total. The number of hydrogen-bond acceptors (Lipinski definition) is 5. The van der Waals surface area contributed by atoms with Crippen molar-refractivity contribution >= 4 is 23.3 Å². The summed E-state index contributed by atoms with van der Waals surface area (Å²) in [5.41, 5.74) is 2.64. The molecule has 0 amide bonds. The van der Waals surface area contributed by atoms with Crippen molar-refractivity contribution in [1.29, 1.82) is 0 Å². The lowest BCUT2D eigenvalue weighted by atomic mass is 10.0. The number of nitrogens with zero attached hydrogens (tertiary/aromatic N) is 2. The molecule has 2 unspecified atom stereocenters. The van der Waals surface area contributed by atoms with Crippen molar-refractivity contribution in [3.05, 3.63) is 41.2 Å². The van der Waals surface area contributed by atoms with Gasteiger partial charge in [-0.1, -0.05) is 55.4 Å². The lowest BCUT2D eigenvalue weighted by Gasteiger charge is -2.24. The summed E-state index contributed by atoms with van der Waals surface area (Å²) in [5, 5.41) is 4.08. The van der Waals surface area contributed by atoms with Crippen molar-refractivity contribution in [3.63, 3.8) is 0 Å². The van der Waals surface area contributed by atoms with E-state index in [2.05, 4.69) is 59.7 Å². The highest BCUT2D eigenvalue weighted by atomic mass is 32.2. The van der Waals surface area contributed by atoms with Crippen LogP contribution in [0.1, 0.15) is 43.3 Å². The van der Waals surface area contributed by atoms with Gasteiger partial charge in [-0.2, -0.15) is 4.37 Å². The molecule has 0 aliphatic carbocycles. The van der Waals surface area contributed by atoms with Crippen molar-refractivity contribution in [2.24, 2.45) is 0 Å². The third-order valence-corrected chi connectivity index (χ3v) is 5.37. The van der Waals surface area contributed by atoms with Crippen molar-refractivity contribution in [1.82, 2.24) is 14.7 Å². The van der Waals surface area contributed by atoms with Crippen LogP contribution in [0.4, 0.5) is 0 Å². The summed E-state index contributed by atoms with van der Waals surface area (Å²) in [6.45, 7) is 9.55. The van der Waals surface area contributed by atoms with Gasteiger partial charge >= 0.3 is 0 Å². The number of benzene rings is 1. The van der Waals surface area contributed by atoms with Crippen molar-refractivity contribution in [2.45, 2.75) is 49.7 Å². The minimum Gasteiger partial charge on any atom is -0.309 e. The molecule has 1 heterocycles. The number of nitrogens with one attached hydrogen (secondary N) is 1. The van der Waals surface area contributed by atoms with E-state index < -0.39 is 0 Å². The number of aromatic nitrogens is 2. The summed E-state index contributed by atoms with van der Waals surface area (Å²) in [4.78, 5) is 4.46. The molecule has 114 valence electrons. The highest BCUT2D eigenvalue weighted by molar-refractivity contribution is 8.01. The molecule has 0 radical (unpaired) electrons. The third kappa shape index (κ3) is 4.80. The van der Waals surface area contributed by atoms with Gasteiger partial charge < -0.3 is 5.32 Å². The van der Waals surface area contributed by atoms with Gasteiger partial charge in [0.05, 0.1) is 0 Å². The summed E-state index contributed by atoms with van der Waals surface area (Å²) in [7, 11) is 0. The lowest BCUT2D eigenvalue weighted by molar-refractivity contribution is 0.528. The summed E-state index contributed by atoms with van der Waals surface area (Å²) in [6.07, 6.45) is 1.14. The van der Waals surface area contributed by atoms with Gasteiger partial charge in [0.25, 0.3) is 0 Å². The molecule has 0 spiro atoms. The van der Waals surface area contributed by atoms with Crippen LogP contribution in [0.2, 0.25) is 0 Å². The molecule has 1 aromatic heterocycles. The van der Waals surface area contributed by atoms with Gasteiger partial charge in [0.2, 0.25) is 0 Å². The smallest absolute Gasteiger partial charge is 0.170 e. The Morgan fingerprint density at radius 1 is 1.24 bits per heavy atom. The van der Waals surface area contributed by atoms with Gasteiger partial charge in [-0.25, -0.2) is 4.98 Å². The van der Waals surface area contributed by atoms with E-state index in [1.165, 1.54) is 22.7 Å². The van der Waals surface area contributed by atoms with E-state index in [0.29, 0.717) is 11.3 Å². The van der Waals surface area contributed by atoms with E-state index >= 15 is 0 Å². The first-order valence-corrected chi connectivity index (χ1v) is 9.02. The first-order chi connectivity index (χ1) is 10.1. The highest BCUT2D eigenvalue weighted by Crippen LogP contribution is 2.33. The monoisotopic (exact) mass is 321 g/mol. The first-order valence-electron chi connectivity index (χ1n) is 7.37. The Labute approximate surface area is 135 Å². The summed E-state index contributed by atoms with van der Waals surface area (Å²) in [5.74, 6) is 0.864. The molecule has 0 saturated carbocycles. The largest absolute Gasteiger partial charge is 0.309 e. The molecule has 5 heteroatoms. The van der Waals surface area contributed by atoms with Crippen LogP contribution in [0.3, 0.4) is 0 Å².